The van der Waals surface area contributed by atoms with E-state index in [0.717, 1.165) is 18.0 Å². The van der Waals surface area contributed by atoms with E-state index in [4.69, 9.17) is 16.9 Å². The maximum Gasteiger partial charge on any atom is 0.132 e. The Morgan fingerprint density at radius 1 is 1.59 bits per heavy atom. The van der Waals surface area contributed by atoms with Crippen LogP contribution in [0, 0.1) is 11.3 Å². The second-order valence-corrected chi connectivity index (χ2v) is 5.26. The summed E-state index contributed by atoms with van der Waals surface area (Å²) in [5, 5.41) is 9.25. The Labute approximate surface area is 112 Å². The molecule has 1 aromatic rings. The molecule has 17 heavy (non-hydrogen) atoms. The van der Waals surface area contributed by atoms with Crippen molar-refractivity contribution < 1.29 is 0 Å². The van der Waals surface area contributed by atoms with Gasteiger partial charge in [0, 0.05) is 13.1 Å². The second kappa shape index (κ2) is 6.73. The Bertz CT molecular complexity index is 417. The first-order valence-electron chi connectivity index (χ1n) is 5.38. The summed E-state index contributed by atoms with van der Waals surface area (Å²) in [6.45, 7) is 2.14. The van der Waals surface area contributed by atoms with Crippen LogP contribution >= 0.6 is 23.4 Å². The molecule has 1 atom stereocenters. The lowest BCUT2D eigenvalue weighted by Crippen LogP contribution is -2.30. The maximum atomic E-state index is 8.89. The van der Waals surface area contributed by atoms with Gasteiger partial charge in [-0.15, -0.1) is 0 Å². The summed E-state index contributed by atoms with van der Waals surface area (Å²) in [4.78, 5) is 6.30. The van der Waals surface area contributed by atoms with Gasteiger partial charge in [0.2, 0.25) is 0 Å². The molecule has 1 aromatic heterocycles. The highest BCUT2D eigenvalue weighted by molar-refractivity contribution is 7.98. The van der Waals surface area contributed by atoms with Gasteiger partial charge in [-0.2, -0.15) is 17.0 Å². The van der Waals surface area contributed by atoms with Gasteiger partial charge in [-0.3, -0.25) is 0 Å². The number of nitriles is 1. The molecule has 0 N–H and O–H groups in total. The summed E-state index contributed by atoms with van der Waals surface area (Å²) in [5.41, 5.74) is 0.545. The van der Waals surface area contributed by atoms with Crippen LogP contribution in [0.2, 0.25) is 5.15 Å². The lowest BCUT2D eigenvalue weighted by Gasteiger charge is -2.26. The van der Waals surface area contributed by atoms with E-state index in [9.17, 15) is 0 Å². The number of pyridine rings is 1. The van der Waals surface area contributed by atoms with Gasteiger partial charge in [0.25, 0.3) is 0 Å². The summed E-state index contributed by atoms with van der Waals surface area (Å²) in [5.74, 6) is 1.86. The molecule has 3 nitrogen and oxygen atoms in total. The van der Waals surface area contributed by atoms with E-state index in [2.05, 4.69) is 29.1 Å². The standard InChI is InChI=1S/C12H16ClN3S/c1-9(4-5-17-3)16(2)12-7-10(8-14)6-11(13)15-12/h6-7,9H,4-5H2,1-3H3. The smallest absolute Gasteiger partial charge is 0.132 e. The molecule has 0 aliphatic heterocycles. The minimum absolute atomic E-state index is 0.364. The monoisotopic (exact) mass is 269 g/mol. The van der Waals surface area contributed by atoms with Crippen molar-refractivity contribution in [1.82, 2.24) is 4.98 Å². The molecule has 0 spiro atoms. The van der Waals surface area contributed by atoms with Gasteiger partial charge >= 0.3 is 0 Å². The van der Waals surface area contributed by atoms with E-state index >= 15 is 0 Å². The fourth-order valence-electron chi connectivity index (χ4n) is 1.44. The molecule has 1 unspecified atom stereocenters. The second-order valence-electron chi connectivity index (χ2n) is 3.89. The molecule has 0 aliphatic carbocycles. The number of hydrogen-bond donors (Lipinski definition) is 0. The summed E-state index contributed by atoms with van der Waals surface area (Å²) in [6.07, 6.45) is 3.17. The summed E-state index contributed by atoms with van der Waals surface area (Å²) < 4.78 is 0. The molecule has 0 aliphatic rings. The molecule has 0 amide bonds. The molecular weight excluding hydrogens is 254 g/mol. The zero-order chi connectivity index (χ0) is 12.8. The normalized spacial score (nSPS) is 11.9. The van der Waals surface area contributed by atoms with Crippen LogP contribution in [0.15, 0.2) is 12.1 Å². The minimum Gasteiger partial charge on any atom is -0.357 e. The zero-order valence-electron chi connectivity index (χ0n) is 10.3. The average Bonchev–Trinajstić information content (AvgIpc) is 2.34. The maximum absolute atomic E-state index is 8.89. The first-order valence-corrected chi connectivity index (χ1v) is 7.15. The van der Waals surface area contributed by atoms with Crippen molar-refractivity contribution in [2.45, 2.75) is 19.4 Å². The summed E-state index contributed by atoms with van der Waals surface area (Å²) >= 11 is 7.72. The molecule has 0 radical (unpaired) electrons. The van der Waals surface area contributed by atoms with Crippen molar-refractivity contribution in [3.63, 3.8) is 0 Å². The van der Waals surface area contributed by atoms with Gasteiger partial charge in [0.15, 0.2) is 0 Å². The average molecular weight is 270 g/mol. The third-order valence-corrected chi connectivity index (χ3v) is 3.51. The highest BCUT2D eigenvalue weighted by Crippen LogP contribution is 2.19. The molecule has 0 saturated heterocycles. The lowest BCUT2D eigenvalue weighted by atomic mass is 10.2. The van der Waals surface area contributed by atoms with E-state index in [1.165, 1.54) is 0 Å². The van der Waals surface area contributed by atoms with Crippen LogP contribution in [-0.2, 0) is 0 Å². The van der Waals surface area contributed by atoms with Crippen LogP contribution < -0.4 is 4.90 Å². The minimum atomic E-state index is 0.364. The Balaban J connectivity index is 2.84. The van der Waals surface area contributed by atoms with Gasteiger partial charge < -0.3 is 4.90 Å². The van der Waals surface area contributed by atoms with Crippen LogP contribution in [-0.4, -0.2) is 30.1 Å². The van der Waals surface area contributed by atoms with Gasteiger partial charge in [-0.05, 0) is 37.5 Å². The van der Waals surface area contributed by atoms with Gasteiger partial charge in [-0.1, -0.05) is 11.6 Å². The number of hydrogen-bond acceptors (Lipinski definition) is 4. The number of anilines is 1. The number of thioether (sulfide) groups is 1. The van der Waals surface area contributed by atoms with E-state index in [1.54, 1.807) is 12.1 Å². The number of nitrogens with zero attached hydrogens (tertiary/aromatic N) is 3. The zero-order valence-corrected chi connectivity index (χ0v) is 11.8. The first kappa shape index (κ1) is 14.1. The van der Waals surface area contributed by atoms with Crippen molar-refractivity contribution in [2.75, 3.05) is 24.0 Å². The van der Waals surface area contributed by atoms with Crippen molar-refractivity contribution in [3.05, 3.63) is 22.8 Å². The van der Waals surface area contributed by atoms with Crippen molar-refractivity contribution in [3.8, 4) is 6.07 Å². The molecule has 0 bridgehead atoms. The van der Waals surface area contributed by atoms with Crippen LogP contribution in [0.25, 0.3) is 0 Å². The van der Waals surface area contributed by atoms with Gasteiger partial charge in [0.05, 0.1) is 11.6 Å². The van der Waals surface area contributed by atoms with Crippen molar-refractivity contribution in [2.24, 2.45) is 0 Å². The fraction of sp³-hybridized carbons (Fsp3) is 0.500. The number of halogens is 1. The summed E-state index contributed by atoms with van der Waals surface area (Å²) in [6, 6.07) is 5.81. The van der Waals surface area contributed by atoms with Crippen LogP contribution in [0.5, 0.6) is 0 Å². The predicted molar refractivity (Wildman–Crippen MR) is 74.8 cm³/mol. The van der Waals surface area contributed by atoms with Crippen LogP contribution in [0.1, 0.15) is 18.9 Å². The highest BCUT2D eigenvalue weighted by atomic mass is 35.5. The Hall–Kier alpha value is -0.920. The molecule has 1 heterocycles. The Kier molecular flexibility index (Phi) is 5.60. The third kappa shape index (κ3) is 4.10. The van der Waals surface area contributed by atoms with Crippen molar-refractivity contribution in [1.29, 1.82) is 5.26 Å². The van der Waals surface area contributed by atoms with Crippen LogP contribution in [0.4, 0.5) is 5.82 Å². The Morgan fingerprint density at radius 2 is 2.29 bits per heavy atom. The molecular formula is C12H16ClN3S. The first-order chi connectivity index (χ1) is 8.08. The topological polar surface area (TPSA) is 39.9 Å². The molecule has 0 saturated carbocycles. The SMILES string of the molecule is CSCCC(C)N(C)c1cc(C#N)cc(Cl)n1. The van der Waals surface area contributed by atoms with Gasteiger partial charge in [-0.25, -0.2) is 4.98 Å². The van der Waals surface area contributed by atoms with E-state index < -0.39 is 0 Å². The van der Waals surface area contributed by atoms with Crippen LogP contribution in [0.3, 0.4) is 0 Å². The van der Waals surface area contributed by atoms with E-state index in [0.29, 0.717) is 16.8 Å². The largest absolute Gasteiger partial charge is 0.357 e. The fourth-order valence-corrected chi connectivity index (χ4v) is 2.22. The highest BCUT2D eigenvalue weighted by Gasteiger charge is 2.12. The molecule has 5 heteroatoms. The summed E-state index contributed by atoms with van der Waals surface area (Å²) in [7, 11) is 1.98. The molecule has 0 fully saturated rings. The molecule has 0 aromatic carbocycles. The van der Waals surface area contributed by atoms with E-state index in [-0.39, 0.29) is 0 Å². The van der Waals surface area contributed by atoms with E-state index in [1.807, 2.05) is 18.8 Å². The quantitative estimate of drug-likeness (QED) is 0.770. The molecule has 1 rings (SSSR count). The number of rotatable bonds is 5. The number of aromatic nitrogens is 1. The van der Waals surface area contributed by atoms with Gasteiger partial charge in [0.1, 0.15) is 11.0 Å². The lowest BCUT2D eigenvalue weighted by molar-refractivity contribution is 0.662. The molecule has 92 valence electrons. The Morgan fingerprint density at radius 3 is 2.88 bits per heavy atom. The van der Waals surface area contributed by atoms with Crippen molar-refractivity contribution >= 4 is 29.2 Å². The predicted octanol–water partition coefficient (Wildman–Crippen LogP) is 3.18. The third-order valence-electron chi connectivity index (χ3n) is 2.67.